The second kappa shape index (κ2) is 10.0. The Labute approximate surface area is 182 Å². The molecule has 3 aromatic rings. The first-order valence-corrected chi connectivity index (χ1v) is 10.4. The van der Waals surface area contributed by atoms with Crippen molar-refractivity contribution < 1.29 is 19.1 Å². The average molecular weight is 424 g/mol. The van der Waals surface area contributed by atoms with Crippen molar-refractivity contribution in [3.05, 3.63) is 53.7 Å². The van der Waals surface area contributed by atoms with Gasteiger partial charge in [-0.2, -0.15) is 0 Å². The monoisotopic (exact) mass is 423 g/mol. The van der Waals surface area contributed by atoms with E-state index in [-0.39, 0.29) is 24.8 Å². The number of H-pyrrole nitrogens is 1. The molecule has 0 atom stereocenters. The van der Waals surface area contributed by atoms with E-state index < -0.39 is 0 Å². The van der Waals surface area contributed by atoms with Gasteiger partial charge in [0.2, 0.25) is 11.8 Å². The van der Waals surface area contributed by atoms with E-state index in [1.54, 1.807) is 25.2 Å². The van der Waals surface area contributed by atoms with Crippen LogP contribution in [0, 0.1) is 6.92 Å². The number of aryl methyl sites for hydroxylation is 1. The number of ether oxygens (including phenoxy) is 2. The molecule has 7 nitrogen and oxygen atoms in total. The number of anilines is 1. The molecule has 0 radical (unpaired) electrons. The number of fused-ring (bicyclic) bond motifs is 1. The molecule has 164 valence electrons. The Hall–Kier alpha value is -3.48. The van der Waals surface area contributed by atoms with Crippen molar-refractivity contribution in [3.63, 3.8) is 0 Å². The Morgan fingerprint density at radius 3 is 2.48 bits per heavy atom. The molecular weight excluding hydrogens is 394 g/mol. The van der Waals surface area contributed by atoms with Crippen LogP contribution in [-0.2, 0) is 16.0 Å². The van der Waals surface area contributed by atoms with Crippen LogP contribution in [0.1, 0.15) is 25.1 Å². The zero-order valence-corrected chi connectivity index (χ0v) is 18.5. The predicted molar refractivity (Wildman–Crippen MR) is 122 cm³/mol. The minimum Gasteiger partial charge on any atom is -0.490 e. The van der Waals surface area contributed by atoms with Crippen molar-refractivity contribution in [2.45, 2.75) is 27.2 Å². The summed E-state index contributed by atoms with van der Waals surface area (Å²) in [5, 5.41) is 3.85. The number of benzene rings is 2. The van der Waals surface area contributed by atoms with Gasteiger partial charge in [0.15, 0.2) is 11.5 Å². The minimum atomic E-state index is -0.280. The summed E-state index contributed by atoms with van der Waals surface area (Å²) < 4.78 is 11.1. The molecule has 0 aliphatic rings. The molecular formula is C24H29N3O4. The van der Waals surface area contributed by atoms with Gasteiger partial charge in [0, 0.05) is 35.4 Å². The van der Waals surface area contributed by atoms with E-state index >= 15 is 0 Å². The number of nitrogens with one attached hydrogen (secondary N) is 2. The molecule has 7 heteroatoms. The first kappa shape index (κ1) is 22.2. The summed E-state index contributed by atoms with van der Waals surface area (Å²) in [6.07, 6.45) is 0.233. The SMILES string of the molecule is CCOc1ccc(NC(=O)CN(C)C(=O)Cc2c(C)[nH]c3ccccc23)cc1OCC. The van der Waals surface area contributed by atoms with Crippen LogP contribution in [-0.4, -0.2) is 48.5 Å². The molecule has 0 fully saturated rings. The van der Waals surface area contributed by atoms with E-state index in [2.05, 4.69) is 10.3 Å². The number of aromatic nitrogens is 1. The van der Waals surface area contributed by atoms with E-state index in [0.29, 0.717) is 30.4 Å². The summed E-state index contributed by atoms with van der Waals surface area (Å²) in [5.74, 6) is 0.799. The van der Waals surface area contributed by atoms with E-state index in [9.17, 15) is 9.59 Å². The maximum Gasteiger partial charge on any atom is 0.243 e. The zero-order valence-electron chi connectivity index (χ0n) is 18.5. The molecule has 2 amide bonds. The average Bonchev–Trinajstić information content (AvgIpc) is 3.05. The number of hydrogen-bond acceptors (Lipinski definition) is 4. The maximum absolute atomic E-state index is 12.7. The summed E-state index contributed by atoms with van der Waals surface area (Å²) in [5.41, 5.74) is 3.51. The first-order chi connectivity index (χ1) is 14.9. The van der Waals surface area contributed by atoms with Crippen molar-refractivity contribution in [2.24, 2.45) is 0 Å². The largest absolute Gasteiger partial charge is 0.490 e. The van der Waals surface area contributed by atoms with Crippen LogP contribution in [0.5, 0.6) is 11.5 Å². The van der Waals surface area contributed by atoms with Crippen LogP contribution in [0.2, 0.25) is 0 Å². The van der Waals surface area contributed by atoms with Crippen molar-refractivity contribution in [3.8, 4) is 11.5 Å². The molecule has 3 rings (SSSR count). The lowest BCUT2D eigenvalue weighted by Gasteiger charge is -2.18. The summed E-state index contributed by atoms with van der Waals surface area (Å²) in [6.45, 7) is 6.71. The molecule has 0 unspecified atom stereocenters. The minimum absolute atomic E-state index is 0.0442. The molecule has 2 aromatic carbocycles. The fourth-order valence-electron chi connectivity index (χ4n) is 3.48. The summed E-state index contributed by atoms with van der Waals surface area (Å²) in [4.78, 5) is 30.0. The highest BCUT2D eigenvalue weighted by molar-refractivity contribution is 5.96. The van der Waals surface area contributed by atoms with Gasteiger partial charge in [-0.1, -0.05) is 18.2 Å². The molecule has 1 heterocycles. The van der Waals surface area contributed by atoms with Gasteiger partial charge in [-0.25, -0.2) is 0 Å². The van der Waals surface area contributed by atoms with Crippen LogP contribution < -0.4 is 14.8 Å². The number of carbonyl (C=O) groups excluding carboxylic acids is 2. The summed E-state index contributed by atoms with van der Waals surface area (Å²) >= 11 is 0. The highest BCUT2D eigenvalue weighted by Gasteiger charge is 2.18. The Bertz CT molecular complexity index is 1070. The van der Waals surface area contributed by atoms with Crippen molar-refractivity contribution in [1.29, 1.82) is 0 Å². The molecule has 0 bridgehead atoms. The van der Waals surface area contributed by atoms with Crippen LogP contribution in [0.25, 0.3) is 10.9 Å². The summed E-state index contributed by atoms with van der Waals surface area (Å²) in [6, 6.07) is 13.1. The number of para-hydroxylation sites is 1. The molecule has 0 spiro atoms. The lowest BCUT2D eigenvalue weighted by Crippen LogP contribution is -2.35. The number of carbonyl (C=O) groups is 2. The lowest BCUT2D eigenvalue weighted by atomic mass is 10.1. The topological polar surface area (TPSA) is 83.7 Å². The van der Waals surface area contributed by atoms with Gasteiger partial charge in [-0.15, -0.1) is 0 Å². The van der Waals surface area contributed by atoms with Crippen LogP contribution in [0.4, 0.5) is 5.69 Å². The van der Waals surface area contributed by atoms with Gasteiger partial charge in [0.05, 0.1) is 26.2 Å². The quantitative estimate of drug-likeness (QED) is 0.547. The molecule has 2 N–H and O–H groups in total. The van der Waals surface area contributed by atoms with Gasteiger partial charge < -0.3 is 24.7 Å². The highest BCUT2D eigenvalue weighted by Crippen LogP contribution is 2.30. The Morgan fingerprint density at radius 1 is 1.03 bits per heavy atom. The number of aromatic amines is 1. The fourth-order valence-corrected chi connectivity index (χ4v) is 3.48. The molecule has 0 aliphatic carbocycles. The number of likely N-dealkylation sites (N-methyl/N-ethyl adjacent to an activating group) is 1. The van der Waals surface area contributed by atoms with E-state index in [1.165, 1.54) is 4.90 Å². The fraction of sp³-hybridized carbons (Fsp3) is 0.333. The number of hydrogen-bond donors (Lipinski definition) is 2. The van der Waals surface area contributed by atoms with Gasteiger partial charge in [-0.05, 0) is 44.5 Å². The van der Waals surface area contributed by atoms with E-state index in [0.717, 1.165) is 22.2 Å². The third kappa shape index (κ3) is 5.36. The molecule has 1 aromatic heterocycles. The number of rotatable bonds is 9. The molecule has 0 saturated carbocycles. The van der Waals surface area contributed by atoms with Crippen LogP contribution in [0.3, 0.4) is 0 Å². The Kier molecular flexibility index (Phi) is 7.18. The van der Waals surface area contributed by atoms with Crippen LogP contribution in [0.15, 0.2) is 42.5 Å². The standard InChI is InChI=1S/C24H29N3O4/c1-5-30-21-12-11-17(13-22(21)31-6-2)26-23(28)15-27(4)24(29)14-19-16(3)25-20-10-8-7-9-18(19)20/h7-13,25H,5-6,14-15H2,1-4H3,(H,26,28). The highest BCUT2D eigenvalue weighted by atomic mass is 16.5. The van der Waals surface area contributed by atoms with Gasteiger partial charge in [0.25, 0.3) is 0 Å². The number of nitrogens with zero attached hydrogens (tertiary/aromatic N) is 1. The molecule has 0 aliphatic heterocycles. The van der Waals surface area contributed by atoms with Gasteiger partial charge in [-0.3, -0.25) is 9.59 Å². The first-order valence-electron chi connectivity index (χ1n) is 10.4. The summed E-state index contributed by atoms with van der Waals surface area (Å²) in [7, 11) is 1.63. The third-order valence-corrected chi connectivity index (χ3v) is 4.99. The zero-order chi connectivity index (χ0) is 22.4. The van der Waals surface area contributed by atoms with Crippen molar-refractivity contribution in [1.82, 2.24) is 9.88 Å². The third-order valence-electron chi connectivity index (χ3n) is 4.99. The maximum atomic E-state index is 12.7. The van der Waals surface area contributed by atoms with Gasteiger partial charge >= 0.3 is 0 Å². The molecule has 31 heavy (non-hydrogen) atoms. The molecule has 0 saturated heterocycles. The predicted octanol–water partition coefficient (Wildman–Crippen LogP) is 3.91. The second-order valence-corrected chi connectivity index (χ2v) is 7.28. The lowest BCUT2D eigenvalue weighted by molar-refractivity contribution is -0.132. The van der Waals surface area contributed by atoms with E-state index in [1.807, 2.05) is 45.0 Å². The van der Waals surface area contributed by atoms with Crippen LogP contribution >= 0.6 is 0 Å². The van der Waals surface area contributed by atoms with Gasteiger partial charge in [0.1, 0.15) is 0 Å². The van der Waals surface area contributed by atoms with Crippen molar-refractivity contribution in [2.75, 3.05) is 32.1 Å². The normalized spacial score (nSPS) is 10.7. The van der Waals surface area contributed by atoms with E-state index in [4.69, 9.17) is 9.47 Å². The Morgan fingerprint density at radius 2 is 1.74 bits per heavy atom. The second-order valence-electron chi connectivity index (χ2n) is 7.28. The smallest absolute Gasteiger partial charge is 0.243 e. The van der Waals surface area contributed by atoms with Crippen molar-refractivity contribution >= 4 is 28.4 Å². The Balaban J connectivity index is 1.63. The number of amides is 2.